The lowest BCUT2D eigenvalue weighted by molar-refractivity contribution is -0.147. The van der Waals surface area contributed by atoms with E-state index in [1.54, 1.807) is 88.4 Å². The van der Waals surface area contributed by atoms with Crippen molar-refractivity contribution in [2.45, 2.75) is 52.6 Å². The van der Waals surface area contributed by atoms with E-state index in [1.165, 1.54) is 0 Å². The van der Waals surface area contributed by atoms with E-state index in [0.717, 1.165) is 0 Å². The third-order valence-corrected chi connectivity index (χ3v) is 8.04. The summed E-state index contributed by atoms with van der Waals surface area (Å²) in [5.41, 5.74) is 1.06. The summed E-state index contributed by atoms with van der Waals surface area (Å²) in [7, 11) is -5.18. The van der Waals surface area contributed by atoms with E-state index < -0.39 is 66.5 Å². The van der Waals surface area contributed by atoms with Gasteiger partial charge < -0.3 is 14.0 Å². The van der Waals surface area contributed by atoms with Crippen LogP contribution in [-0.4, -0.2) is 37.2 Å². The molecule has 14 heteroatoms. The Kier molecular flexibility index (Phi) is 13.3. The van der Waals surface area contributed by atoms with Gasteiger partial charge in [-0.1, -0.05) is 88.4 Å². The van der Waals surface area contributed by atoms with Gasteiger partial charge in [0.1, 0.15) is 12.1 Å². The Balaban J connectivity index is 2.12. The molecule has 0 unspecified atom stereocenters. The molecule has 0 aliphatic rings. The number of ether oxygens (including phenoxy) is 2. The molecule has 2 N–H and O–H groups in total. The van der Waals surface area contributed by atoms with Crippen LogP contribution in [0.2, 0.25) is 0 Å². The van der Waals surface area contributed by atoms with Gasteiger partial charge in [0.05, 0.1) is 13.2 Å². The quantitative estimate of drug-likeness (QED) is 0.0573. The topological polar surface area (TPSA) is 103 Å². The molecule has 3 rings (SSSR count). The molecule has 2 atom stereocenters. The molecule has 0 radical (unpaired) electrons. The number of benzene rings is 3. The second-order valence-corrected chi connectivity index (χ2v) is 13.1. The van der Waals surface area contributed by atoms with Crippen molar-refractivity contribution in [3.05, 3.63) is 101 Å². The Hall–Kier alpha value is -3.80. The lowest BCUT2D eigenvalue weighted by atomic mass is 10.1. The average molecular weight is 671 g/mol. The standard InChI is InChI=1S/C32H36F5N2O6P/c1-19(2)17-43-31(40)23(15-21-11-7-5-8-12-21)38-46(42,45-30-28(36)26(34)25(33)27(35)29(30)37)39-24(32(41)44-18-20(3)4)16-22-13-9-6-10-14-22/h5-14,19-20,23-24H,15-18H2,1-4H3,(H2,38,39,42)/t23-,24-/m0/s1. The van der Waals surface area contributed by atoms with Gasteiger partial charge in [-0.05, 0) is 35.8 Å². The summed E-state index contributed by atoms with van der Waals surface area (Å²) in [4.78, 5) is 26.5. The minimum absolute atomic E-state index is 0.0554. The molecule has 0 fully saturated rings. The van der Waals surface area contributed by atoms with E-state index in [4.69, 9.17) is 14.0 Å². The molecule has 0 bridgehead atoms. The summed E-state index contributed by atoms with van der Waals surface area (Å²) in [6.45, 7) is 6.96. The monoisotopic (exact) mass is 670 g/mol. The number of hydrogen-bond acceptors (Lipinski definition) is 6. The van der Waals surface area contributed by atoms with Crippen LogP contribution in [0.5, 0.6) is 5.75 Å². The molecular formula is C32H36F5N2O6P. The Morgan fingerprint density at radius 2 is 0.978 bits per heavy atom. The maximum atomic E-state index is 14.8. The number of carbonyl (C=O) groups is 2. The van der Waals surface area contributed by atoms with Crippen LogP contribution in [0.3, 0.4) is 0 Å². The Morgan fingerprint density at radius 3 is 1.33 bits per heavy atom. The average Bonchev–Trinajstić information content (AvgIpc) is 3.03. The first-order valence-corrected chi connectivity index (χ1v) is 16.1. The van der Waals surface area contributed by atoms with E-state index in [9.17, 15) is 36.1 Å². The van der Waals surface area contributed by atoms with Crippen molar-refractivity contribution in [3.63, 3.8) is 0 Å². The molecule has 0 saturated heterocycles. The highest BCUT2D eigenvalue weighted by Gasteiger charge is 2.40. The van der Waals surface area contributed by atoms with Gasteiger partial charge in [-0.3, -0.25) is 9.59 Å². The zero-order valence-corrected chi connectivity index (χ0v) is 26.6. The van der Waals surface area contributed by atoms with Crippen molar-refractivity contribution in [3.8, 4) is 5.75 Å². The second-order valence-electron chi connectivity index (χ2n) is 11.3. The lowest BCUT2D eigenvalue weighted by Crippen LogP contribution is -2.47. The SMILES string of the molecule is CC(C)COC(=O)[C@H](Cc1ccccc1)NP(=O)(N[C@@H](Cc1ccccc1)C(=O)OCC(C)C)Oc1c(F)c(F)c(F)c(F)c1F. The van der Waals surface area contributed by atoms with Gasteiger partial charge in [-0.25, -0.2) is 27.9 Å². The molecule has 0 amide bonds. The maximum absolute atomic E-state index is 14.8. The van der Waals surface area contributed by atoms with E-state index in [-0.39, 0.29) is 37.9 Å². The Morgan fingerprint density at radius 1 is 0.630 bits per heavy atom. The van der Waals surface area contributed by atoms with Gasteiger partial charge in [0.15, 0.2) is 0 Å². The largest absolute Gasteiger partial charge is 0.464 e. The molecule has 0 aliphatic carbocycles. The lowest BCUT2D eigenvalue weighted by Gasteiger charge is -2.29. The molecule has 0 heterocycles. The molecule has 0 aromatic heterocycles. The van der Waals surface area contributed by atoms with Gasteiger partial charge in [0.2, 0.25) is 34.8 Å². The highest BCUT2D eigenvalue weighted by molar-refractivity contribution is 7.55. The number of nitrogens with one attached hydrogen (secondary N) is 2. The molecule has 250 valence electrons. The van der Waals surface area contributed by atoms with Crippen molar-refractivity contribution in [2.24, 2.45) is 11.8 Å². The molecular weight excluding hydrogens is 634 g/mol. The van der Waals surface area contributed by atoms with E-state index >= 15 is 0 Å². The fourth-order valence-electron chi connectivity index (χ4n) is 4.06. The molecule has 0 spiro atoms. The molecule has 3 aromatic carbocycles. The van der Waals surface area contributed by atoms with Crippen LogP contribution in [0.25, 0.3) is 0 Å². The molecule has 8 nitrogen and oxygen atoms in total. The molecule has 46 heavy (non-hydrogen) atoms. The van der Waals surface area contributed by atoms with Crippen molar-refractivity contribution in [2.75, 3.05) is 13.2 Å². The summed E-state index contributed by atoms with van der Waals surface area (Å²) < 4.78 is 102. The molecule has 3 aromatic rings. The number of hydrogen-bond donors (Lipinski definition) is 2. The van der Waals surface area contributed by atoms with Crippen molar-refractivity contribution < 1.29 is 50.1 Å². The summed E-state index contributed by atoms with van der Waals surface area (Å²) in [6.07, 6.45) is -0.407. The Labute approximate surface area is 264 Å². The van der Waals surface area contributed by atoms with Crippen LogP contribution in [0.15, 0.2) is 60.7 Å². The van der Waals surface area contributed by atoms with Crippen LogP contribution >= 0.6 is 7.67 Å². The highest BCUT2D eigenvalue weighted by Crippen LogP contribution is 2.44. The minimum atomic E-state index is -5.18. The molecule has 0 saturated carbocycles. The smallest absolute Gasteiger partial charge is 0.392 e. The number of carbonyl (C=O) groups excluding carboxylic acids is 2. The summed E-state index contributed by atoms with van der Waals surface area (Å²) in [5, 5.41) is 4.73. The summed E-state index contributed by atoms with van der Waals surface area (Å²) in [6, 6.07) is 13.5. The van der Waals surface area contributed by atoms with Crippen LogP contribution in [0.1, 0.15) is 38.8 Å². The predicted molar refractivity (Wildman–Crippen MR) is 160 cm³/mol. The summed E-state index contributed by atoms with van der Waals surface area (Å²) >= 11 is 0. The van der Waals surface area contributed by atoms with Gasteiger partial charge in [-0.2, -0.15) is 8.78 Å². The number of halogens is 5. The van der Waals surface area contributed by atoms with Crippen molar-refractivity contribution in [1.29, 1.82) is 0 Å². The Bertz CT molecular complexity index is 1420. The summed E-state index contributed by atoms with van der Waals surface area (Å²) in [5.74, 6) is -16.0. The fraction of sp³-hybridized carbons (Fsp3) is 0.375. The zero-order valence-electron chi connectivity index (χ0n) is 25.7. The number of esters is 2. The second kappa shape index (κ2) is 16.7. The van der Waals surface area contributed by atoms with Gasteiger partial charge >= 0.3 is 19.6 Å². The minimum Gasteiger partial charge on any atom is -0.464 e. The third-order valence-electron chi connectivity index (χ3n) is 6.29. The third kappa shape index (κ3) is 10.4. The normalized spacial score (nSPS) is 13.0. The van der Waals surface area contributed by atoms with Crippen LogP contribution in [-0.2, 0) is 36.5 Å². The van der Waals surface area contributed by atoms with Crippen molar-refractivity contribution >= 4 is 19.6 Å². The van der Waals surface area contributed by atoms with E-state index in [2.05, 4.69) is 10.2 Å². The van der Waals surface area contributed by atoms with E-state index in [1.807, 2.05) is 0 Å². The first-order chi connectivity index (χ1) is 21.7. The first-order valence-electron chi connectivity index (χ1n) is 14.5. The predicted octanol–water partition coefficient (Wildman–Crippen LogP) is 6.67. The molecule has 0 aliphatic heterocycles. The van der Waals surface area contributed by atoms with Gasteiger partial charge in [0, 0.05) is 0 Å². The van der Waals surface area contributed by atoms with Crippen LogP contribution in [0, 0.1) is 40.9 Å². The van der Waals surface area contributed by atoms with Crippen molar-refractivity contribution in [1.82, 2.24) is 10.2 Å². The zero-order chi connectivity index (χ0) is 34.0. The van der Waals surface area contributed by atoms with Crippen LogP contribution in [0.4, 0.5) is 22.0 Å². The maximum Gasteiger partial charge on any atom is 0.392 e. The van der Waals surface area contributed by atoms with E-state index in [0.29, 0.717) is 11.1 Å². The highest BCUT2D eigenvalue weighted by atomic mass is 31.2. The fourth-order valence-corrected chi connectivity index (χ4v) is 5.87. The van der Waals surface area contributed by atoms with Gasteiger partial charge in [0.25, 0.3) is 0 Å². The van der Waals surface area contributed by atoms with Crippen LogP contribution < -0.4 is 14.7 Å². The van der Waals surface area contributed by atoms with Gasteiger partial charge in [-0.15, -0.1) is 0 Å². The first kappa shape index (κ1) is 36.7. The number of rotatable bonds is 16.